The fraction of sp³-hybridized carbons (Fsp3) is 0.333. The summed E-state index contributed by atoms with van der Waals surface area (Å²) >= 11 is 0. The van der Waals surface area contributed by atoms with Crippen molar-refractivity contribution in [1.82, 2.24) is 5.32 Å². The second-order valence-electron chi connectivity index (χ2n) is 4.03. The monoisotopic (exact) mass is 233 g/mol. The largest absolute Gasteiger partial charge is 0.335 e. The van der Waals surface area contributed by atoms with Crippen LogP contribution in [0, 0.1) is 17.1 Å². The van der Waals surface area contributed by atoms with Crippen molar-refractivity contribution >= 4 is 11.7 Å². The maximum atomic E-state index is 13.0. The Kier molecular flexibility index (Phi) is 3.24. The molecule has 0 bridgehead atoms. The number of benzene rings is 1. The minimum Gasteiger partial charge on any atom is -0.335 e. The maximum absolute atomic E-state index is 13.0. The van der Waals surface area contributed by atoms with Crippen molar-refractivity contribution in [3.8, 4) is 6.07 Å². The average molecular weight is 233 g/mol. The number of amides is 2. The zero-order chi connectivity index (χ0) is 12.3. The normalized spacial score (nSPS) is 14.6. The van der Waals surface area contributed by atoms with Crippen LogP contribution in [0.1, 0.15) is 24.8 Å². The highest BCUT2D eigenvalue weighted by molar-refractivity contribution is 5.89. The van der Waals surface area contributed by atoms with E-state index in [1.165, 1.54) is 12.1 Å². The van der Waals surface area contributed by atoms with Gasteiger partial charge in [-0.15, -0.1) is 0 Å². The number of halogens is 1. The Morgan fingerprint density at radius 1 is 1.47 bits per heavy atom. The standard InChI is InChI=1S/C12H12FN3O/c13-11-5-4-10(6-8(11)7-14)16-12(17)15-9-2-1-3-9/h4-6,9H,1-3H2,(H2,15,16,17). The van der Waals surface area contributed by atoms with Crippen LogP contribution in [0.3, 0.4) is 0 Å². The van der Waals surface area contributed by atoms with Gasteiger partial charge >= 0.3 is 6.03 Å². The highest BCUT2D eigenvalue weighted by Crippen LogP contribution is 2.18. The van der Waals surface area contributed by atoms with Crippen LogP contribution in [0.15, 0.2) is 18.2 Å². The third kappa shape index (κ3) is 2.72. The van der Waals surface area contributed by atoms with Crippen LogP contribution in [-0.4, -0.2) is 12.1 Å². The summed E-state index contributed by atoms with van der Waals surface area (Å²) in [5.41, 5.74) is 0.339. The summed E-state index contributed by atoms with van der Waals surface area (Å²) in [6.07, 6.45) is 3.14. The molecule has 0 heterocycles. The molecule has 2 rings (SSSR count). The Hall–Kier alpha value is -2.09. The van der Waals surface area contributed by atoms with Crippen LogP contribution in [0.25, 0.3) is 0 Å². The van der Waals surface area contributed by atoms with Crippen molar-refractivity contribution in [2.24, 2.45) is 0 Å². The van der Waals surface area contributed by atoms with E-state index in [1.807, 2.05) is 0 Å². The zero-order valence-corrected chi connectivity index (χ0v) is 9.16. The molecule has 0 radical (unpaired) electrons. The van der Waals surface area contributed by atoms with Gasteiger partial charge in [-0.05, 0) is 37.5 Å². The van der Waals surface area contributed by atoms with Gasteiger partial charge in [0.2, 0.25) is 0 Å². The lowest BCUT2D eigenvalue weighted by molar-refractivity contribution is 0.240. The van der Waals surface area contributed by atoms with Gasteiger partial charge < -0.3 is 10.6 Å². The third-order valence-electron chi connectivity index (χ3n) is 2.79. The van der Waals surface area contributed by atoms with Crippen molar-refractivity contribution < 1.29 is 9.18 Å². The molecule has 1 aromatic carbocycles. The number of urea groups is 1. The molecule has 0 spiro atoms. The topological polar surface area (TPSA) is 64.9 Å². The van der Waals surface area contributed by atoms with Crippen molar-refractivity contribution in [3.05, 3.63) is 29.6 Å². The Bertz CT molecular complexity index is 477. The first kappa shape index (κ1) is 11.4. The lowest BCUT2D eigenvalue weighted by Crippen LogP contribution is -2.41. The molecule has 1 fully saturated rings. The van der Waals surface area contributed by atoms with Gasteiger partial charge in [0.05, 0.1) is 5.56 Å². The summed E-state index contributed by atoms with van der Waals surface area (Å²) in [5.74, 6) is -0.586. The number of anilines is 1. The molecule has 0 aliphatic heterocycles. The van der Waals surface area contributed by atoms with Gasteiger partial charge in [-0.3, -0.25) is 0 Å². The molecule has 2 amide bonds. The number of nitrogens with zero attached hydrogens (tertiary/aromatic N) is 1. The summed E-state index contributed by atoms with van der Waals surface area (Å²) in [6.45, 7) is 0. The van der Waals surface area contributed by atoms with Crippen LogP contribution >= 0.6 is 0 Å². The van der Waals surface area contributed by atoms with E-state index in [0.717, 1.165) is 25.3 Å². The van der Waals surface area contributed by atoms with Crippen molar-refractivity contribution in [2.45, 2.75) is 25.3 Å². The molecular weight excluding hydrogens is 221 g/mol. The summed E-state index contributed by atoms with van der Waals surface area (Å²) in [4.78, 5) is 11.5. The predicted molar refractivity (Wildman–Crippen MR) is 60.9 cm³/mol. The van der Waals surface area contributed by atoms with Crippen molar-refractivity contribution in [1.29, 1.82) is 5.26 Å². The van der Waals surface area contributed by atoms with E-state index in [9.17, 15) is 9.18 Å². The first-order valence-electron chi connectivity index (χ1n) is 5.46. The van der Waals surface area contributed by atoms with E-state index < -0.39 is 5.82 Å². The number of rotatable bonds is 2. The van der Waals surface area contributed by atoms with E-state index in [2.05, 4.69) is 10.6 Å². The van der Waals surface area contributed by atoms with Crippen LogP contribution in [0.5, 0.6) is 0 Å². The fourth-order valence-electron chi connectivity index (χ4n) is 1.59. The number of carbonyl (C=O) groups is 1. The lowest BCUT2D eigenvalue weighted by Gasteiger charge is -2.26. The molecular formula is C12H12FN3O. The molecule has 5 heteroatoms. The van der Waals surface area contributed by atoms with E-state index in [4.69, 9.17) is 5.26 Å². The molecule has 2 N–H and O–H groups in total. The molecule has 17 heavy (non-hydrogen) atoms. The molecule has 1 aromatic rings. The summed E-state index contributed by atoms with van der Waals surface area (Å²) in [7, 11) is 0. The highest BCUT2D eigenvalue weighted by atomic mass is 19.1. The number of nitrogens with one attached hydrogen (secondary N) is 2. The number of carbonyl (C=O) groups excluding carboxylic acids is 1. The van der Waals surface area contributed by atoms with Crippen molar-refractivity contribution in [3.63, 3.8) is 0 Å². The number of hydrogen-bond donors (Lipinski definition) is 2. The second kappa shape index (κ2) is 4.83. The van der Waals surface area contributed by atoms with Gasteiger partial charge in [-0.1, -0.05) is 0 Å². The van der Waals surface area contributed by atoms with Gasteiger partial charge in [-0.2, -0.15) is 5.26 Å². The molecule has 0 unspecified atom stereocenters. The van der Waals surface area contributed by atoms with Gasteiger partial charge in [0.25, 0.3) is 0 Å². The van der Waals surface area contributed by atoms with E-state index >= 15 is 0 Å². The molecule has 1 aliphatic rings. The predicted octanol–water partition coefficient (Wildman–Crippen LogP) is 2.37. The average Bonchev–Trinajstić information content (AvgIpc) is 2.26. The Labute approximate surface area is 98.4 Å². The van der Waals surface area contributed by atoms with Gasteiger partial charge in [0, 0.05) is 11.7 Å². The van der Waals surface area contributed by atoms with E-state index in [1.54, 1.807) is 6.07 Å². The van der Waals surface area contributed by atoms with Crippen LogP contribution < -0.4 is 10.6 Å². The Morgan fingerprint density at radius 3 is 2.82 bits per heavy atom. The number of hydrogen-bond acceptors (Lipinski definition) is 2. The maximum Gasteiger partial charge on any atom is 0.319 e. The Balaban J connectivity index is 1.98. The lowest BCUT2D eigenvalue weighted by atomic mass is 9.93. The van der Waals surface area contributed by atoms with Gasteiger partial charge in [0.1, 0.15) is 11.9 Å². The molecule has 0 atom stereocenters. The SMILES string of the molecule is N#Cc1cc(NC(=O)NC2CCC2)ccc1F. The summed E-state index contributed by atoms with van der Waals surface area (Å²) in [6, 6.07) is 5.56. The molecule has 0 saturated heterocycles. The first-order valence-corrected chi connectivity index (χ1v) is 5.46. The zero-order valence-electron chi connectivity index (χ0n) is 9.16. The molecule has 0 aromatic heterocycles. The second-order valence-corrected chi connectivity index (χ2v) is 4.03. The molecule has 1 aliphatic carbocycles. The fourth-order valence-corrected chi connectivity index (χ4v) is 1.59. The Morgan fingerprint density at radius 2 is 2.24 bits per heavy atom. The first-order chi connectivity index (χ1) is 8.19. The van der Waals surface area contributed by atoms with Crippen LogP contribution in [0.4, 0.5) is 14.9 Å². The molecule has 1 saturated carbocycles. The van der Waals surface area contributed by atoms with Crippen molar-refractivity contribution in [2.75, 3.05) is 5.32 Å². The van der Waals surface area contributed by atoms with E-state index in [-0.39, 0.29) is 17.6 Å². The minimum absolute atomic E-state index is 0.0774. The molecule has 4 nitrogen and oxygen atoms in total. The van der Waals surface area contributed by atoms with Crippen LogP contribution in [0.2, 0.25) is 0 Å². The van der Waals surface area contributed by atoms with Gasteiger partial charge in [0.15, 0.2) is 0 Å². The summed E-state index contributed by atoms with van der Waals surface area (Å²) in [5, 5.41) is 14.0. The quantitative estimate of drug-likeness (QED) is 0.823. The van der Waals surface area contributed by atoms with Crippen LogP contribution in [-0.2, 0) is 0 Å². The smallest absolute Gasteiger partial charge is 0.319 e. The number of nitriles is 1. The van der Waals surface area contributed by atoms with Gasteiger partial charge in [-0.25, -0.2) is 9.18 Å². The highest BCUT2D eigenvalue weighted by Gasteiger charge is 2.19. The third-order valence-corrected chi connectivity index (χ3v) is 2.79. The van der Waals surface area contributed by atoms with E-state index in [0.29, 0.717) is 5.69 Å². The molecule has 88 valence electrons. The summed E-state index contributed by atoms with van der Waals surface area (Å²) < 4.78 is 13.0. The minimum atomic E-state index is -0.586.